The zero-order chi connectivity index (χ0) is 23.4. The molecule has 1 heterocycles. The minimum absolute atomic E-state index is 0.176. The van der Waals surface area contributed by atoms with Crippen LogP contribution in [0.3, 0.4) is 0 Å². The van der Waals surface area contributed by atoms with Gasteiger partial charge in [-0.15, -0.1) is 0 Å². The number of hydrogen-bond acceptors (Lipinski definition) is 0. The van der Waals surface area contributed by atoms with Crippen LogP contribution < -0.4 is 14.9 Å². The second-order valence-electron chi connectivity index (χ2n) is 9.19. The number of pyridine rings is 1. The van der Waals surface area contributed by atoms with Crippen LogP contribution in [0.4, 0.5) is 4.39 Å². The second-order valence-corrected chi connectivity index (χ2v) is 13.6. The van der Waals surface area contributed by atoms with Crippen molar-refractivity contribution in [1.29, 1.82) is 0 Å². The number of benzene rings is 3. The van der Waals surface area contributed by atoms with Gasteiger partial charge in [-0.3, -0.25) is 0 Å². The Kier molecular flexibility index (Phi) is 5.02. The maximum absolute atomic E-state index is 15.5. The number of fused-ring (bicyclic) bond motifs is 1. The molecule has 0 aliphatic carbocycles. The summed E-state index contributed by atoms with van der Waals surface area (Å²) < 4.78 is 26.4. The van der Waals surface area contributed by atoms with Crippen LogP contribution in [-0.4, -0.2) is 8.07 Å². The monoisotopic (exact) mass is 429 g/mol. The van der Waals surface area contributed by atoms with E-state index >= 15 is 4.39 Å². The van der Waals surface area contributed by atoms with E-state index in [1.54, 1.807) is 0 Å². The quantitative estimate of drug-likeness (QED) is 0.298. The van der Waals surface area contributed by atoms with E-state index in [1.165, 1.54) is 10.4 Å². The summed E-state index contributed by atoms with van der Waals surface area (Å²) in [6.07, 6.45) is 0. The summed E-state index contributed by atoms with van der Waals surface area (Å²) in [6.45, 7) is 12.5. The highest BCUT2D eigenvalue weighted by Gasteiger charge is 2.29. The smallest absolute Gasteiger partial charge is 0.206 e. The van der Waals surface area contributed by atoms with E-state index in [2.05, 4.69) is 55.6 Å². The minimum Gasteiger partial charge on any atom is -0.206 e. The van der Waals surface area contributed by atoms with Crippen molar-refractivity contribution >= 4 is 29.2 Å². The molecule has 158 valence electrons. The van der Waals surface area contributed by atoms with Gasteiger partial charge in [-0.2, -0.15) is 4.57 Å². The molecule has 0 spiro atoms. The van der Waals surface area contributed by atoms with E-state index < -0.39 is 8.07 Å². The lowest BCUT2D eigenvalue weighted by Gasteiger charge is -2.24. The van der Waals surface area contributed by atoms with Gasteiger partial charge in [0.25, 0.3) is 0 Å². The molecular weight excluding hydrogens is 397 g/mol. The molecule has 0 amide bonds. The molecule has 31 heavy (non-hydrogen) atoms. The van der Waals surface area contributed by atoms with Crippen LogP contribution in [0, 0.1) is 33.5 Å². The van der Waals surface area contributed by atoms with Crippen LogP contribution in [0.5, 0.6) is 0 Å². The van der Waals surface area contributed by atoms with E-state index in [0.717, 1.165) is 33.3 Å². The minimum atomic E-state index is -1.93. The number of rotatable bonds is 3. The van der Waals surface area contributed by atoms with Crippen molar-refractivity contribution in [2.24, 2.45) is 7.05 Å². The van der Waals surface area contributed by atoms with E-state index in [4.69, 9.17) is 1.37 Å². The van der Waals surface area contributed by atoms with Crippen molar-refractivity contribution in [1.82, 2.24) is 0 Å². The first-order valence-corrected chi connectivity index (χ1v) is 13.8. The van der Waals surface area contributed by atoms with Gasteiger partial charge < -0.3 is 0 Å². The van der Waals surface area contributed by atoms with Gasteiger partial charge in [0.15, 0.2) is 5.69 Å². The molecule has 0 aliphatic heterocycles. The van der Waals surface area contributed by atoms with Gasteiger partial charge in [0, 0.05) is 13.0 Å². The summed E-state index contributed by atoms with van der Waals surface area (Å²) >= 11 is 0. The van der Waals surface area contributed by atoms with Crippen LogP contribution in [0.25, 0.3) is 22.0 Å². The first-order valence-electron chi connectivity index (χ1n) is 11.3. The van der Waals surface area contributed by atoms with Crippen molar-refractivity contribution in [2.75, 3.05) is 0 Å². The molecule has 4 rings (SSSR count). The van der Waals surface area contributed by atoms with Crippen molar-refractivity contribution in [3.63, 3.8) is 0 Å². The van der Waals surface area contributed by atoms with Crippen molar-refractivity contribution < 1.29 is 10.3 Å². The first kappa shape index (κ1) is 20.1. The molecule has 3 aromatic carbocycles. The highest BCUT2D eigenvalue weighted by molar-refractivity contribution is 7.00. The SMILES string of the molecule is [2H]c1c(C)[n+](C)c(-c2c(C)c(C)cc(C)c2F)c2ccc([Si](C)(C)c3ccccc3)cc12. The molecular formula is C28H31FNSi+. The Bertz CT molecular complexity index is 1330. The van der Waals surface area contributed by atoms with Crippen LogP contribution >= 0.6 is 0 Å². The summed E-state index contributed by atoms with van der Waals surface area (Å²) in [5.74, 6) is -0.176. The Labute approximate surface area is 187 Å². The fourth-order valence-corrected chi connectivity index (χ4v) is 6.90. The number of hydrogen-bond donors (Lipinski definition) is 0. The number of aromatic nitrogens is 1. The van der Waals surface area contributed by atoms with Gasteiger partial charge >= 0.3 is 0 Å². The van der Waals surface area contributed by atoms with E-state index in [9.17, 15) is 0 Å². The summed E-state index contributed by atoms with van der Waals surface area (Å²) in [5, 5.41) is 4.46. The van der Waals surface area contributed by atoms with Gasteiger partial charge in [0.05, 0.1) is 12.3 Å². The Hall–Kier alpha value is -2.78. The lowest BCUT2D eigenvalue weighted by molar-refractivity contribution is -0.665. The lowest BCUT2D eigenvalue weighted by atomic mass is 9.93. The highest BCUT2D eigenvalue weighted by atomic mass is 28.3. The number of aryl methyl sites for hydroxylation is 2. The Morgan fingerprint density at radius 3 is 2.23 bits per heavy atom. The Morgan fingerprint density at radius 1 is 0.871 bits per heavy atom. The van der Waals surface area contributed by atoms with Gasteiger partial charge in [0.2, 0.25) is 5.69 Å². The molecule has 0 atom stereocenters. The molecule has 1 aromatic heterocycles. The van der Waals surface area contributed by atoms with Crippen molar-refractivity contribution in [3.05, 3.63) is 88.8 Å². The molecule has 0 unspecified atom stereocenters. The molecule has 0 saturated carbocycles. The predicted molar refractivity (Wildman–Crippen MR) is 133 cm³/mol. The van der Waals surface area contributed by atoms with Crippen LogP contribution in [0.1, 0.15) is 23.8 Å². The number of halogens is 1. The molecule has 0 bridgehead atoms. The maximum Gasteiger partial charge on any atom is 0.223 e. The average molecular weight is 430 g/mol. The Morgan fingerprint density at radius 2 is 1.55 bits per heavy atom. The fourth-order valence-electron chi connectivity index (χ4n) is 4.53. The van der Waals surface area contributed by atoms with Gasteiger partial charge in [-0.1, -0.05) is 72.0 Å². The average Bonchev–Trinajstić information content (AvgIpc) is 2.78. The zero-order valence-electron chi connectivity index (χ0n) is 20.5. The van der Waals surface area contributed by atoms with Crippen LogP contribution in [0.15, 0.2) is 60.6 Å². The van der Waals surface area contributed by atoms with Gasteiger partial charge in [-0.05, 0) is 48.9 Å². The lowest BCUT2D eigenvalue weighted by Crippen LogP contribution is -2.52. The summed E-state index contributed by atoms with van der Waals surface area (Å²) in [7, 11) is 0.0125. The molecule has 4 aromatic rings. The van der Waals surface area contributed by atoms with Gasteiger partial charge in [-0.25, -0.2) is 4.39 Å². The van der Waals surface area contributed by atoms with Crippen molar-refractivity contribution in [3.8, 4) is 11.3 Å². The third-order valence-electron chi connectivity index (χ3n) is 6.85. The van der Waals surface area contributed by atoms with E-state index in [0.29, 0.717) is 17.2 Å². The van der Waals surface area contributed by atoms with Crippen molar-refractivity contribution in [2.45, 2.75) is 40.8 Å². The molecule has 0 fully saturated rings. The molecule has 0 aliphatic rings. The third kappa shape index (κ3) is 3.51. The number of nitrogens with zero attached hydrogens (tertiary/aromatic N) is 1. The predicted octanol–water partition coefficient (Wildman–Crippen LogP) is 5.53. The summed E-state index contributed by atoms with van der Waals surface area (Å²) in [5.41, 5.74) is 5.01. The maximum atomic E-state index is 15.5. The van der Waals surface area contributed by atoms with E-state index in [1.807, 2.05) is 51.4 Å². The molecule has 1 nitrogen and oxygen atoms in total. The summed E-state index contributed by atoms with van der Waals surface area (Å²) in [4.78, 5) is 0. The third-order valence-corrected chi connectivity index (χ3v) is 10.4. The highest BCUT2D eigenvalue weighted by Crippen LogP contribution is 2.33. The summed E-state index contributed by atoms with van der Waals surface area (Å²) in [6, 6.07) is 19.5. The van der Waals surface area contributed by atoms with Gasteiger partial charge in [0.1, 0.15) is 20.9 Å². The molecule has 3 heteroatoms. The molecule has 0 radical (unpaired) electrons. The van der Waals surface area contributed by atoms with E-state index in [-0.39, 0.29) is 5.82 Å². The molecule has 0 saturated heterocycles. The Balaban J connectivity index is 2.07. The largest absolute Gasteiger partial charge is 0.223 e. The first-order chi connectivity index (χ1) is 15.1. The standard InChI is InChI=1S/C28H31FNSi/c1-18-15-19(2)27(29)26(21(18)4)28-25-14-13-24(17-22(25)16-20(3)30(28)5)31(6,7)23-11-9-8-10-12-23/h8-17H,1-7H3/q+1/i16D. The second kappa shape index (κ2) is 7.72. The normalized spacial score (nSPS) is 12.3. The van der Waals surface area contributed by atoms with Crippen LogP contribution in [0.2, 0.25) is 13.1 Å². The fraction of sp³-hybridized carbons (Fsp3) is 0.250. The molecule has 0 N–H and O–H groups in total. The topological polar surface area (TPSA) is 3.88 Å². The van der Waals surface area contributed by atoms with Crippen LogP contribution in [-0.2, 0) is 7.05 Å². The zero-order valence-corrected chi connectivity index (χ0v) is 20.5.